The molecule has 0 aromatic heterocycles. The normalized spacial score (nSPS) is 28.6. The lowest BCUT2D eigenvalue weighted by atomic mass is 9.82. The third-order valence-electron chi connectivity index (χ3n) is 4.32. The van der Waals surface area contributed by atoms with Crippen LogP contribution in [0.1, 0.15) is 45.4 Å². The minimum Gasteiger partial charge on any atom is -0.467 e. The summed E-state index contributed by atoms with van der Waals surface area (Å²) in [7, 11) is 1.37. The van der Waals surface area contributed by atoms with Gasteiger partial charge in [0, 0.05) is 5.41 Å². The Labute approximate surface area is 107 Å². The van der Waals surface area contributed by atoms with Crippen LogP contribution in [-0.2, 0) is 14.3 Å². The van der Waals surface area contributed by atoms with E-state index >= 15 is 0 Å². The van der Waals surface area contributed by atoms with Crippen LogP contribution in [0.3, 0.4) is 0 Å². The molecule has 0 bridgehead atoms. The fourth-order valence-corrected chi connectivity index (χ4v) is 3.33. The van der Waals surface area contributed by atoms with Gasteiger partial charge < -0.3 is 14.8 Å². The number of carbonyl (C=O) groups is 2. The summed E-state index contributed by atoms with van der Waals surface area (Å²) in [6.45, 7) is 2.05. The predicted molar refractivity (Wildman–Crippen MR) is 65.0 cm³/mol. The quantitative estimate of drug-likeness (QED) is 0.783. The van der Waals surface area contributed by atoms with Gasteiger partial charge in [-0.25, -0.2) is 9.59 Å². The first-order valence-corrected chi connectivity index (χ1v) is 6.63. The van der Waals surface area contributed by atoms with Crippen molar-refractivity contribution < 1.29 is 19.1 Å². The van der Waals surface area contributed by atoms with Gasteiger partial charge >= 0.3 is 12.1 Å². The maximum absolute atomic E-state index is 12.0. The van der Waals surface area contributed by atoms with Gasteiger partial charge in [-0.15, -0.1) is 0 Å². The molecule has 102 valence electrons. The van der Waals surface area contributed by atoms with Crippen LogP contribution in [-0.4, -0.2) is 31.3 Å². The Balaban J connectivity index is 2.12. The molecule has 5 heteroatoms. The summed E-state index contributed by atoms with van der Waals surface area (Å²) in [4.78, 5) is 23.6. The summed E-state index contributed by atoms with van der Waals surface area (Å²) in [5.41, 5.74) is -0.931. The Morgan fingerprint density at radius 3 is 2.44 bits per heavy atom. The summed E-state index contributed by atoms with van der Waals surface area (Å²) >= 11 is 0. The number of rotatable bonds is 3. The number of methoxy groups -OCH3 is 1. The molecule has 2 saturated carbocycles. The molecule has 0 aromatic carbocycles. The lowest BCUT2D eigenvalue weighted by molar-refractivity contribution is -0.145. The summed E-state index contributed by atoms with van der Waals surface area (Å²) in [6, 6.07) is 0. The van der Waals surface area contributed by atoms with Gasteiger partial charge in [-0.2, -0.15) is 0 Å². The van der Waals surface area contributed by atoms with Crippen molar-refractivity contribution >= 4 is 12.1 Å². The largest absolute Gasteiger partial charge is 0.467 e. The maximum atomic E-state index is 12.0. The second kappa shape index (κ2) is 4.78. The summed E-state index contributed by atoms with van der Waals surface area (Å²) in [5, 5.41) is 2.74. The number of esters is 1. The maximum Gasteiger partial charge on any atom is 0.408 e. The molecular weight excluding hydrogens is 234 g/mol. The first kappa shape index (κ1) is 13.2. The van der Waals surface area contributed by atoms with Gasteiger partial charge in [0.05, 0.1) is 13.7 Å². The number of hydrogen-bond donors (Lipinski definition) is 1. The molecule has 1 spiro atoms. The Morgan fingerprint density at radius 1 is 1.22 bits per heavy atom. The molecule has 1 N–H and O–H groups in total. The van der Waals surface area contributed by atoms with Crippen molar-refractivity contribution in [1.82, 2.24) is 5.32 Å². The molecule has 5 nitrogen and oxygen atoms in total. The minimum atomic E-state index is -0.839. The highest BCUT2D eigenvalue weighted by Gasteiger charge is 2.73. The smallest absolute Gasteiger partial charge is 0.408 e. The van der Waals surface area contributed by atoms with E-state index in [2.05, 4.69) is 5.32 Å². The Hall–Kier alpha value is -1.26. The van der Waals surface area contributed by atoms with Crippen LogP contribution >= 0.6 is 0 Å². The molecule has 1 amide bonds. The average Bonchev–Trinajstić information content (AvgIpc) is 2.96. The number of carbonyl (C=O) groups excluding carboxylic acids is 2. The van der Waals surface area contributed by atoms with Crippen molar-refractivity contribution in [3.05, 3.63) is 0 Å². The van der Waals surface area contributed by atoms with E-state index in [1.807, 2.05) is 0 Å². The van der Waals surface area contributed by atoms with Gasteiger partial charge in [-0.1, -0.05) is 19.3 Å². The fraction of sp³-hybridized carbons (Fsp3) is 0.846. The SMILES string of the molecule is CCOC(=O)NC1(C(=O)OC)CC12CCCCC2. The molecule has 0 aromatic rings. The van der Waals surface area contributed by atoms with Gasteiger partial charge in [0.25, 0.3) is 0 Å². The van der Waals surface area contributed by atoms with Crippen LogP contribution in [0, 0.1) is 5.41 Å². The molecule has 0 heterocycles. The molecule has 2 aliphatic carbocycles. The van der Waals surface area contributed by atoms with Crippen molar-refractivity contribution in [2.75, 3.05) is 13.7 Å². The van der Waals surface area contributed by atoms with E-state index in [0.717, 1.165) is 25.7 Å². The number of amides is 1. The molecule has 1 unspecified atom stereocenters. The predicted octanol–water partition coefficient (Wildman–Crippen LogP) is 2.00. The first-order valence-electron chi connectivity index (χ1n) is 6.63. The second-order valence-corrected chi connectivity index (χ2v) is 5.26. The molecule has 2 rings (SSSR count). The van der Waals surface area contributed by atoms with Gasteiger partial charge in [0.2, 0.25) is 0 Å². The van der Waals surface area contributed by atoms with Gasteiger partial charge in [0.15, 0.2) is 0 Å². The van der Waals surface area contributed by atoms with Crippen molar-refractivity contribution in [3.63, 3.8) is 0 Å². The van der Waals surface area contributed by atoms with E-state index in [0.29, 0.717) is 13.0 Å². The number of nitrogens with one attached hydrogen (secondary N) is 1. The Bertz CT molecular complexity index is 349. The van der Waals surface area contributed by atoms with E-state index in [-0.39, 0.29) is 11.4 Å². The first-order chi connectivity index (χ1) is 8.60. The fourth-order valence-electron chi connectivity index (χ4n) is 3.33. The number of ether oxygens (including phenoxy) is 2. The van der Waals surface area contributed by atoms with Crippen molar-refractivity contribution in [2.45, 2.75) is 51.0 Å². The Morgan fingerprint density at radius 2 is 1.89 bits per heavy atom. The summed E-state index contributed by atoms with van der Waals surface area (Å²) < 4.78 is 9.76. The van der Waals surface area contributed by atoms with E-state index in [1.54, 1.807) is 6.92 Å². The zero-order chi connectivity index (χ0) is 13.2. The monoisotopic (exact) mass is 255 g/mol. The molecule has 18 heavy (non-hydrogen) atoms. The zero-order valence-electron chi connectivity index (χ0n) is 11.1. The van der Waals surface area contributed by atoms with Crippen LogP contribution in [0.2, 0.25) is 0 Å². The van der Waals surface area contributed by atoms with Crippen LogP contribution in [0.25, 0.3) is 0 Å². The highest BCUT2D eigenvalue weighted by Crippen LogP contribution is 2.64. The molecule has 0 saturated heterocycles. The molecule has 2 fully saturated rings. The molecular formula is C13H21NO4. The standard InChI is InChI=1S/C13H21NO4/c1-3-18-11(16)14-13(10(15)17-2)9-12(13)7-5-4-6-8-12/h3-9H2,1-2H3,(H,14,16). The lowest BCUT2D eigenvalue weighted by Gasteiger charge is -2.27. The average molecular weight is 255 g/mol. The topological polar surface area (TPSA) is 64.6 Å². The molecule has 1 atom stereocenters. The Kier molecular flexibility index (Phi) is 3.50. The van der Waals surface area contributed by atoms with Crippen molar-refractivity contribution in [1.29, 1.82) is 0 Å². The van der Waals surface area contributed by atoms with Crippen LogP contribution < -0.4 is 5.32 Å². The van der Waals surface area contributed by atoms with Gasteiger partial charge in [0.1, 0.15) is 5.54 Å². The molecule has 0 aliphatic heterocycles. The minimum absolute atomic E-state index is 0.0922. The van der Waals surface area contributed by atoms with Gasteiger partial charge in [-0.3, -0.25) is 0 Å². The van der Waals surface area contributed by atoms with E-state index in [1.165, 1.54) is 13.5 Å². The van der Waals surface area contributed by atoms with Gasteiger partial charge in [-0.05, 0) is 26.2 Å². The van der Waals surface area contributed by atoms with E-state index in [9.17, 15) is 9.59 Å². The van der Waals surface area contributed by atoms with E-state index in [4.69, 9.17) is 9.47 Å². The highest BCUT2D eigenvalue weighted by molar-refractivity contribution is 5.90. The van der Waals surface area contributed by atoms with Crippen molar-refractivity contribution in [2.24, 2.45) is 5.41 Å². The lowest BCUT2D eigenvalue weighted by Crippen LogP contribution is -2.49. The van der Waals surface area contributed by atoms with E-state index < -0.39 is 11.6 Å². The number of hydrogen-bond acceptors (Lipinski definition) is 4. The number of alkyl carbamates (subject to hydrolysis) is 1. The second-order valence-electron chi connectivity index (χ2n) is 5.26. The summed E-state index contributed by atoms with van der Waals surface area (Å²) in [6.07, 6.45) is 5.56. The van der Waals surface area contributed by atoms with Crippen LogP contribution in [0.4, 0.5) is 4.79 Å². The highest BCUT2D eigenvalue weighted by atomic mass is 16.6. The van der Waals surface area contributed by atoms with Crippen LogP contribution in [0.5, 0.6) is 0 Å². The third kappa shape index (κ3) is 1.95. The zero-order valence-corrected chi connectivity index (χ0v) is 11.1. The van der Waals surface area contributed by atoms with Crippen molar-refractivity contribution in [3.8, 4) is 0 Å². The summed E-state index contributed by atoms with van der Waals surface area (Å²) in [5.74, 6) is -0.336. The molecule has 2 aliphatic rings. The molecule has 0 radical (unpaired) electrons. The van der Waals surface area contributed by atoms with Crippen LogP contribution in [0.15, 0.2) is 0 Å². The third-order valence-corrected chi connectivity index (χ3v) is 4.32.